The van der Waals surface area contributed by atoms with E-state index in [4.69, 9.17) is 0 Å². The number of fused-ring (bicyclic) bond motifs is 1. The number of halogens is 3. The molecule has 5 nitrogen and oxygen atoms in total. The van der Waals surface area contributed by atoms with E-state index in [1.165, 1.54) is 12.1 Å². The van der Waals surface area contributed by atoms with E-state index < -0.39 is 17.8 Å². The van der Waals surface area contributed by atoms with Crippen LogP contribution in [0.1, 0.15) is 5.56 Å². The van der Waals surface area contributed by atoms with Gasteiger partial charge in [0.1, 0.15) is 5.65 Å². The standard InChI is InChI=1S/C21H15F3N4O/c22-21(23,24)14-3-7-16(8-4-14)28-20(29)27-15-5-1-13(2-6-15)17-9-11-25-19-18(17)10-12-26-19/h1-12H,(H,25,26)(H2,27,28,29). The molecule has 3 N–H and O–H groups in total. The number of H-pyrrole nitrogens is 1. The molecule has 8 heteroatoms. The van der Waals surface area contributed by atoms with Crippen molar-refractivity contribution >= 4 is 28.4 Å². The average molecular weight is 396 g/mol. The van der Waals surface area contributed by atoms with Crippen LogP contribution in [0.5, 0.6) is 0 Å². The number of alkyl halides is 3. The molecule has 0 aliphatic heterocycles. The Morgan fingerprint density at radius 3 is 2.10 bits per heavy atom. The molecular weight excluding hydrogens is 381 g/mol. The van der Waals surface area contributed by atoms with Gasteiger partial charge in [-0.1, -0.05) is 12.1 Å². The summed E-state index contributed by atoms with van der Waals surface area (Å²) >= 11 is 0. The molecule has 0 spiro atoms. The zero-order valence-corrected chi connectivity index (χ0v) is 14.9. The minimum Gasteiger partial charge on any atom is -0.346 e. The molecule has 0 saturated carbocycles. The molecule has 2 aromatic heterocycles. The third-order valence-corrected chi connectivity index (χ3v) is 4.38. The number of aromatic nitrogens is 2. The molecule has 0 aliphatic rings. The maximum Gasteiger partial charge on any atom is 0.416 e. The normalized spacial score (nSPS) is 11.4. The molecule has 29 heavy (non-hydrogen) atoms. The van der Waals surface area contributed by atoms with E-state index in [9.17, 15) is 18.0 Å². The average Bonchev–Trinajstić information content (AvgIpc) is 3.17. The summed E-state index contributed by atoms with van der Waals surface area (Å²) in [5, 5.41) is 6.16. The van der Waals surface area contributed by atoms with Gasteiger partial charge in [-0.3, -0.25) is 0 Å². The van der Waals surface area contributed by atoms with Crippen LogP contribution < -0.4 is 10.6 Å². The number of hydrogen-bond donors (Lipinski definition) is 3. The van der Waals surface area contributed by atoms with E-state index in [1.807, 2.05) is 30.5 Å². The second kappa shape index (κ2) is 7.31. The SMILES string of the molecule is O=C(Nc1ccc(-c2ccnc3[nH]ccc23)cc1)Nc1ccc(C(F)(F)F)cc1. The highest BCUT2D eigenvalue weighted by Gasteiger charge is 2.29. The predicted octanol–water partition coefficient (Wildman–Crippen LogP) is 5.89. The van der Waals surface area contributed by atoms with Crippen molar-refractivity contribution in [2.75, 3.05) is 10.6 Å². The zero-order chi connectivity index (χ0) is 20.4. The Morgan fingerprint density at radius 2 is 1.48 bits per heavy atom. The number of nitrogens with zero attached hydrogens (tertiary/aromatic N) is 1. The Balaban J connectivity index is 1.43. The number of urea groups is 1. The van der Waals surface area contributed by atoms with E-state index >= 15 is 0 Å². The van der Waals surface area contributed by atoms with Gasteiger partial charge < -0.3 is 15.6 Å². The Bertz CT molecular complexity index is 1150. The summed E-state index contributed by atoms with van der Waals surface area (Å²) in [7, 11) is 0. The van der Waals surface area contributed by atoms with Crippen LogP contribution in [0.15, 0.2) is 73.1 Å². The second-order valence-corrected chi connectivity index (χ2v) is 6.33. The van der Waals surface area contributed by atoms with Crippen LogP contribution in [0, 0.1) is 0 Å². The maximum atomic E-state index is 12.6. The highest BCUT2D eigenvalue weighted by atomic mass is 19.4. The Labute approximate surface area is 163 Å². The van der Waals surface area contributed by atoms with Crippen LogP contribution in [0.25, 0.3) is 22.2 Å². The predicted molar refractivity (Wildman–Crippen MR) is 106 cm³/mol. The van der Waals surface area contributed by atoms with Crippen molar-refractivity contribution in [2.24, 2.45) is 0 Å². The minimum atomic E-state index is -4.41. The van der Waals surface area contributed by atoms with Crippen molar-refractivity contribution in [1.82, 2.24) is 9.97 Å². The maximum absolute atomic E-state index is 12.6. The summed E-state index contributed by atoms with van der Waals surface area (Å²) in [5.41, 5.74) is 2.81. The van der Waals surface area contributed by atoms with Crippen molar-refractivity contribution < 1.29 is 18.0 Å². The van der Waals surface area contributed by atoms with Gasteiger partial charge in [0, 0.05) is 29.2 Å². The number of pyridine rings is 1. The largest absolute Gasteiger partial charge is 0.416 e. The lowest BCUT2D eigenvalue weighted by Gasteiger charge is -2.10. The summed E-state index contributed by atoms with van der Waals surface area (Å²) < 4.78 is 37.8. The summed E-state index contributed by atoms with van der Waals surface area (Å²) in [6.07, 6.45) is -0.871. The second-order valence-electron chi connectivity index (χ2n) is 6.33. The summed E-state index contributed by atoms with van der Waals surface area (Å²) in [6.45, 7) is 0. The van der Waals surface area contributed by atoms with Gasteiger partial charge in [-0.25, -0.2) is 9.78 Å². The fourth-order valence-corrected chi connectivity index (χ4v) is 2.98. The number of benzene rings is 2. The van der Waals surface area contributed by atoms with E-state index in [1.54, 1.807) is 18.3 Å². The first-order valence-corrected chi connectivity index (χ1v) is 8.68. The topological polar surface area (TPSA) is 69.8 Å². The zero-order valence-electron chi connectivity index (χ0n) is 14.9. The molecule has 2 amide bonds. The van der Waals surface area contributed by atoms with E-state index in [0.29, 0.717) is 5.69 Å². The third-order valence-electron chi connectivity index (χ3n) is 4.38. The van der Waals surface area contributed by atoms with Gasteiger partial charge in [0.2, 0.25) is 0 Å². The van der Waals surface area contributed by atoms with E-state index in [2.05, 4.69) is 20.6 Å². The smallest absolute Gasteiger partial charge is 0.346 e. The molecule has 0 aliphatic carbocycles. The Hall–Kier alpha value is -3.81. The molecule has 4 aromatic rings. The number of carbonyl (C=O) groups is 1. The lowest BCUT2D eigenvalue weighted by Crippen LogP contribution is -2.19. The highest BCUT2D eigenvalue weighted by Crippen LogP contribution is 2.30. The molecule has 0 saturated heterocycles. The number of anilines is 2. The number of aromatic amines is 1. The van der Waals surface area contributed by atoms with E-state index in [-0.39, 0.29) is 5.69 Å². The van der Waals surface area contributed by atoms with Gasteiger partial charge in [0.15, 0.2) is 0 Å². The number of nitrogens with one attached hydrogen (secondary N) is 3. The van der Waals surface area contributed by atoms with Crippen molar-refractivity contribution in [3.8, 4) is 11.1 Å². The van der Waals surface area contributed by atoms with Crippen LogP contribution in [-0.4, -0.2) is 16.0 Å². The van der Waals surface area contributed by atoms with Crippen LogP contribution in [0.3, 0.4) is 0 Å². The molecule has 0 atom stereocenters. The number of hydrogen-bond acceptors (Lipinski definition) is 2. The molecule has 0 fully saturated rings. The summed E-state index contributed by atoms with van der Waals surface area (Å²) in [4.78, 5) is 19.4. The van der Waals surface area contributed by atoms with Gasteiger partial charge >= 0.3 is 12.2 Å². The molecule has 4 rings (SSSR count). The molecule has 2 heterocycles. The van der Waals surface area contributed by atoms with Crippen LogP contribution >= 0.6 is 0 Å². The molecule has 146 valence electrons. The number of amides is 2. The highest BCUT2D eigenvalue weighted by molar-refractivity contribution is 6.00. The first-order chi connectivity index (χ1) is 13.9. The summed E-state index contributed by atoms with van der Waals surface area (Å²) in [6, 6.07) is 14.8. The van der Waals surface area contributed by atoms with Gasteiger partial charge in [0.05, 0.1) is 5.56 Å². The van der Waals surface area contributed by atoms with Crippen LogP contribution in [0.2, 0.25) is 0 Å². The van der Waals surface area contributed by atoms with Gasteiger partial charge in [-0.05, 0) is 59.7 Å². The van der Waals surface area contributed by atoms with Crippen molar-refractivity contribution in [1.29, 1.82) is 0 Å². The van der Waals surface area contributed by atoms with Crippen LogP contribution in [-0.2, 0) is 6.18 Å². The first kappa shape index (κ1) is 18.5. The molecule has 0 unspecified atom stereocenters. The van der Waals surface area contributed by atoms with Crippen molar-refractivity contribution in [2.45, 2.75) is 6.18 Å². The third kappa shape index (κ3) is 4.06. The molecule has 0 radical (unpaired) electrons. The molecular formula is C21H15F3N4O. The van der Waals surface area contributed by atoms with Crippen molar-refractivity contribution in [3.63, 3.8) is 0 Å². The lowest BCUT2D eigenvalue weighted by atomic mass is 10.0. The quantitative estimate of drug-likeness (QED) is 0.404. The number of rotatable bonds is 3. The molecule has 2 aromatic carbocycles. The lowest BCUT2D eigenvalue weighted by molar-refractivity contribution is -0.137. The van der Waals surface area contributed by atoms with Gasteiger partial charge in [0.25, 0.3) is 0 Å². The minimum absolute atomic E-state index is 0.263. The first-order valence-electron chi connectivity index (χ1n) is 8.68. The van der Waals surface area contributed by atoms with E-state index in [0.717, 1.165) is 34.3 Å². The summed E-state index contributed by atoms with van der Waals surface area (Å²) in [5.74, 6) is 0. The van der Waals surface area contributed by atoms with Gasteiger partial charge in [-0.2, -0.15) is 13.2 Å². The van der Waals surface area contributed by atoms with Crippen molar-refractivity contribution in [3.05, 3.63) is 78.6 Å². The fourth-order valence-electron chi connectivity index (χ4n) is 2.98. The van der Waals surface area contributed by atoms with Crippen LogP contribution in [0.4, 0.5) is 29.3 Å². The Morgan fingerprint density at radius 1 is 0.862 bits per heavy atom. The fraction of sp³-hybridized carbons (Fsp3) is 0.0476. The van der Waals surface area contributed by atoms with Gasteiger partial charge in [-0.15, -0.1) is 0 Å². The number of carbonyl (C=O) groups excluding carboxylic acids is 1. The Kier molecular flexibility index (Phi) is 4.67. The molecule has 0 bridgehead atoms. The monoisotopic (exact) mass is 396 g/mol.